The Morgan fingerprint density at radius 3 is 2.93 bits per heavy atom. The van der Waals surface area contributed by atoms with Crippen molar-refractivity contribution in [3.63, 3.8) is 0 Å². The largest absolute Gasteiger partial charge is 0.361 e. The highest BCUT2D eigenvalue weighted by Gasteiger charge is 2.04. The number of para-hydroxylation sites is 1. The summed E-state index contributed by atoms with van der Waals surface area (Å²) in [5.41, 5.74) is 3.83. The van der Waals surface area contributed by atoms with Gasteiger partial charge in [0.2, 0.25) is 5.95 Å². The summed E-state index contributed by atoms with van der Waals surface area (Å²) in [6.07, 6.45) is 4.63. The highest BCUT2D eigenvalue weighted by atomic mass is 15.1. The van der Waals surface area contributed by atoms with Crippen LogP contribution in [0.15, 0.2) is 67.0 Å². The van der Waals surface area contributed by atoms with E-state index in [1.165, 1.54) is 10.9 Å². The maximum absolute atomic E-state index is 9.00. The maximum atomic E-state index is 9.00. The number of nitrogens with zero attached hydrogens (tertiary/aromatic N) is 3. The summed E-state index contributed by atoms with van der Waals surface area (Å²) in [6.45, 7) is 0.731. The Morgan fingerprint density at radius 2 is 2.00 bits per heavy atom. The van der Waals surface area contributed by atoms with Crippen LogP contribution in [0.5, 0.6) is 0 Å². The first-order valence-corrected chi connectivity index (χ1v) is 8.71. The number of hydrogen-bond donors (Lipinski definition) is 3. The number of rotatable bonds is 6. The number of nitrogens with one attached hydrogen (secondary N) is 3. The van der Waals surface area contributed by atoms with Crippen LogP contribution < -0.4 is 10.6 Å². The molecule has 6 heteroatoms. The van der Waals surface area contributed by atoms with Gasteiger partial charge in [0, 0.05) is 35.5 Å². The van der Waals surface area contributed by atoms with E-state index in [1.54, 1.807) is 24.4 Å². The van der Waals surface area contributed by atoms with Crippen LogP contribution >= 0.6 is 0 Å². The van der Waals surface area contributed by atoms with Gasteiger partial charge < -0.3 is 15.6 Å². The minimum Gasteiger partial charge on any atom is -0.361 e. The monoisotopic (exact) mass is 354 g/mol. The highest BCUT2D eigenvalue weighted by Crippen LogP contribution is 2.19. The third kappa shape index (κ3) is 3.88. The number of aromatic amines is 1. The predicted octanol–water partition coefficient (Wildman–Crippen LogP) is 4.23. The van der Waals surface area contributed by atoms with Gasteiger partial charge >= 0.3 is 0 Å². The molecule has 2 aromatic heterocycles. The van der Waals surface area contributed by atoms with E-state index in [0.717, 1.165) is 24.2 Å². The van der Waals surface area contributed by atoms with E-state index >= 15 is 0 Å². The third-order valence-electron chi connectivity index (χ3n) is 4.27. The van der Waals surface area contributed by atoms with Crippen molar-refractivity contribution in [3.05, 3.63) is 78.1 Å². The van der Waals surface area contributed by atoms with Crippen LogP contribution in [0.1, 0.15) is 11.1 Å². The number of anilines is 3. The van der Waals surface area contributed by atoms with Crippen molar-refractivity contribution in [1.82, 2.24) is 15.0 Å². The molecule has 4 aromatic rings. The fourth-order valence-electron chi connectivity index (χ4n) is 2.98. The Kier molecular flexibility index (Phi) is 4.66. The number of hydrogen-bond acceptors (Lipinski definition) is 5. The summed E-state index contributed by atoms with van der Waals surface area (Å²) in [7, 11) is 0. The van der Waals surface area contributed by atoms with Gasteiger partial charge in [0.05, 0.1) is 11.6 Å². The summed E-state index contributed by atoms with van der Waals surface area (Å²) in [5.74, 6) is 1.24. The number of fused-ring (bicyclic) bond motifs is 1. The molecule has 0 radical (unpaired) electrons. The molecule has 0 aliphatic heterocycles. The molecule has 0 saturated heterocycles. The van der Waals surface area contributed by atoms with E-state index in [4.69, 9.17) is 5.26 Å². The lowest BCUT2D eigenvalue weighted by atomic mass is 10.1. The molecule has 0 fully saturated rings. The standard InChI is InChI=1S/C21H18N6/c22-13-15-4-3-5-17(12-15)26-20-9-11-24-21(27-20)23-10-8-16-14-25-19-7-2-1-6-18(16)19/h1-7,9,11-12,14,25H,8,10H2,(H2,23,24,26,27). The van der Waals surface area contributed by atoms with E-state index in [-0.39, 0.29) is 0 Å². The van der Waals surface area contributed by atoms with E-state index in [2.05, 4.69) is 43.8 Å². The molecule has 0 aliphatic rings. The first-order valence-electron chi connectivity index (χ1n) is 8.71. The molecule has 132 valence electrons. The second-order valence-electron chi connectivity index (χ2n) is 6.12. The zero-order chi connectivity index (χ0) is 18.5. The minimum absolute atomic E-state index is 0.566. The summed E-state index contributed by atoms with van der Waals surface area (Å²) < 4.78 is 0. The fourth-order valence-corrected chi connectivity index (χ4v) is 2.98. The maximum Gasteiger partial charge on any atom is 0.224 e. The Bertz CT molecular complexity index is 1110. The van der Waals surface area contributed by atoms with Crippen molar-refractivity contribution in [2.45, 2.75) is 6.42 Å². The molecule has 2 aromatic carbocycles. The molecule has 0 bridgehead atoms. The van der Waals surface area contributed by atoms with Gasteiger partial charge in [-0.3, -0.25) is 0 Å². The van der Waals surface area contributed by atoms with Crippen molar-refractivity contribution in [1.29, 1.82) is 5.26 Å². The van der Waals surface area contributed by atoms with Gasteiger partial charge in [-0.2, -0.15) is 10.2 Å². The molecule has 27 heavy (non-hydrogen) atoms. The number of benzene rings is 2. The van der Waals surface area contributed by atoms with Crippen LogP contribution in [0.2, 0.25) is 0 Å². The molecule has 2 heterocycles. The van der Waals surface area contributed by atoms with E-state index < -0.39 is 0 Å². The summed E-state index contributed by atoms with van der Waals surface area (Å²) in [4.78, 5) is 12.0. The Morgan fingerprint density at radius 1 is 1.07 bits per heavy atom. The normalized spacial score (nSPS) is 10.5. The number of aromatic nitrogens is 3. The lowest BCUT2D eigenvalue weighted by Crippen LogP contribution is -2.08. The van der Waals surface area contributed by atoms with E-state index in [9.17, 15) is 0 Å². The summed E-state index contributed by atoms with van der Waals surface area (Å²) in [6, 6.07) is 19.5. The van der Waals surface area contributed by atoms with Crippen molar-refractivity contribution in [2.75, 3.05) is 17.2 Å². The second kappa shape index (κ2) is 7.58. The van der Waals surface area contributed by atoms with Gasteiger partial charge in [-0.25, -0.2) is 4.98 Å². The van der Waals surface area contributed by atoms with Crippen molar-refractivity contribution in [2.24, 2.45) is 0 Å². The Balaban J connectivity index is 1.40. The molecule has 6 nitrogen and oxygen atoms in total. The highest BCUT2D eigenvalue weighted by molar-refractivity contribution is 5.83. The number of nitriles is 1. The first-order chi connectivity index (χ1) is 13.3. The van der Waals surface area contributed by atoms with Crippen LogP contribution in [0.3, 0.4) is 0 Å². The molecule has 4 rings (SSSR count). The molecule has 0 amide bonds. The third-order valence-corrected chi connectivity index (χ3v) is 4.27. The van der Waals surface area contributed by atoms with Gasteiger partial charge in [-0.15, -0.1) is 0 Å². The molecule has 0 saturated carbocycles. The topological polar surface area (TPSA) is 89.4 Å². The fraction of sp³-hybridized carbons (Fsp3) is 0.0952. The van der Waals surface area contributed by atoms with Crippen LogP contribution in [-0.4, -0.2) is 21.5 Å². The second-order valence-corrected chi connectivity index (χ2v) is 6.12. The van der Waals surface area contributed by atoms with Gasteiger partial charge in [0.1, 0.15) is 5.82 Å². The zero-order valence-corrected chi connectivity index (χ0v) is 14.6. The molecule has 0 aliphatic carbocycles. The molecular formula is C21H18N6. The van der Waals surface area contributed by atoms with E-state index in [0.29, 0.717) is 17.3 Å². The number of H-pyrrole nitrogens is 1. The van der Waals surface area contributed by atoms with Crippen LogP contribution in [0.25, 0.3) is 10.9 Å². The first kappa shape index (κ1) is 16.6. The van der Waals surface area contributed by atoms with Crippen LogP contribution in [0.4, 0.5) is 17.5 Å². The lowest BCUT2D eigenvalue weighted by molar-refractivity contribution is 0.991. The van der Waals surface area contributed by atoms with Crippen LogP contribution in [-0.2, 0) is 6.42 Å². The summed E-state index contributed by atoms with van der Waals surface area (Å²) >= 11 is 0. The van der Waals surface area contributed by atoms with Gasteiger partial charge in [0.15, 0.2) is 0 Å². The van der Waals surface area contributed by atoms with Crippen molar-refractivity contribution in [3.8, 4) is 6.07 Å². The van der Waals surface area contributed by atoms with Crippen molar-refractivity contribution >= 4 is 28.4 Å². The Hall–Kier alpha value is -3.85. The average molecular weight is 354 g/mol. The molecule has 0 atom stereocenters. The summed E-state index contributed by atoms with van der Waals surface area (Å²) in [5, 5.41) is 16.7. The van der Waals surface area contributed by atoms with Crippen molar-refractivity contribution < 1.29 is 0 Å². The minimum atomic E-state index is 0.566. The van der Waals surface area contributed by atoms with Crippen LogP contribution in [0, 0.1) is 11.3 Å². The quantitative estimate of drug-likeness (QED) is 0.482. The molecule has 0 unspecified atom stereocenters. The lowest BCUT2D eigenvalue weighted by Gasteiger charge is -2.08. The van der Waals surface area contributed by atoms with Gasteiger partial charge in [-0.05, 0) is 42.3 Å². The Labute approximate surface area is 156 Å². The SMILES string of the molecule is N#Cc1cccc(Nc2ccnc(NCCc3c[nH]c4ccccc34)n2)c1. The average Bonchev–Trinajstić information content (AvgIpc) is 3.12. The van der Waals surface area contributed by atoms with Gasteiger partial charge in [0.25, 0.3) is 0 Å². The van der Waals surface area contributed by atoms with E-state index in [1.807, 2.05) is 30.5 Å². The smallest absolute Gasteiger partial charge is 0.224 e. The van der Waals surface area contributed by atoms with Gasteiger partial charge in [-0.1, -0.05) is 24.3 Å². The zero-order valence-electron chi connectivity index (χ0n) is 14.6. The molecular weight excluding hydrogens is 336 g/mol. The molecule has 3 N–H and O–H groups in total. The predicted molar refractivity (Wildman–Crippen MR) is 107 cm³/mol. The molecule has 0 spiro atoms.